The second kappa shape index (κ2) is 6.01. The minimum absolute atomic E-state index is 0.563. The van der Waals surface area contributed by atoms with Crippen LogP contribution in [0.25, 0.3) is 0 Å². The highest BCUT2D eigenvalue weighted by Crippen LogP contribution is 2.23. The number of rotatable bonds is 5. The fourth-order valence-corrected chi connectivity index (χ4v) is 2.70. The van der Waals surface area contributed by atoms with Gasteiger partial charge in [0.2, 0.25) is 0 Å². The smallest absolute Gasteiger partial charge is 0.108 e. The van der Waals surface area contributed by atoms with Crippen LogP contribution in [0.15, 0.2) is 42.7 Å². The van der Waals surface area contributed by atoms with Gasteiger partial charge in [-0.05, 0) is 17.9 Å². The van der Waals surface area contributed by atoms with Crippen molar-refractivity contribution in [1.82, 2.24) is 9.55 Å². The van der Waals surface area contributed by atoms with Crippen molar-refractivity contribution in [2.24, 2.45) is 7.05 Å². The Labute approximate surface area is 111 Å². The summed E-state index contributed by atoms with van der Waals surface area (Å²) in [6.45, 7) is 0. The van der Waals surface area contributed by atoms with Crippen LogP contribution in [0.4, 0.5) is 0 Å². The van der Waals surface area contributed by atoms with Crippen LogP contribution in [0, 0.1) is 0 Å². The molecule has 1 aromatic carbocycles. The standard InChI is InChI=1S/C14H17BrN2/c1-17-10-9-16-14(17)8-7-13(11-15)12-5-3-2-4-6-12/h2-6,9-10,13H,7-8,11H2,1H3. The number of imidazole rings is 1. The predicted octanol–water partition coefficient (Wildman–Crippen LogP) is 3.53. The molecular weight excluding hydrogens is 276 g/mol. The second-order valence-corrected chi connectivity index (χ2v) is 4.90. The zero-order valence-corrected chi connectivity index (χ0v) is 11.6. The van der Waals surface area contributed by atoms with Gasteiger partial charge in [0.15, 0.2) is 0 Å². The van der Waals surface area contributed by atoms with E-state index in [-0.39, 0.29) is 0 Å². The fourth-order valence-electron chi connectivity index (χ4n) is 2.00. The minimum Gasteiger partial charge on any atom is -0.338 e. The van der Waals surface area contributed by atoms with Gasteiger partial charge in [0, 0.05) is 31.2 Å². The van der Waals surface area contributed by atoms with Crippen molar-refractivity contribution in [3.05, 3.63) is 54.1 Å². The maximum atomic E-state index is 4.36. The van der Waals surface area contributed by atoms with Gasteiger partial charge in [-0.25, -0.2) is 4.98 Å². The molecule has 1 unspecified atom stereocenters. The molecule has 0 bridgehead atoms. The van der Waals surface area contributed by atoms with E-state index in [0.717, 1.165) is 24.0 Å². The number of halogens is 1. The Hall–Kier alpha value is -1.09. The summed E-state index contributed by atoms with van der Waals surface area (Å²) in [4.78, 5) is 4.36. The van der Waals surface area contributed by atoms with Crippen LogP contribution in [0.5, 0.6) is 0 Å². The third-order valence-electron chi connectivity index (χ3n) is 3.09. The topological polar surface area (TPSA) is 17.8 Å². The number of hydrogen-bond donors (Lipinski definition) is 0. The van der Waals surface area contributed by atoms with Gasteiger partial charge in [-0.1, -0.05) is 46.3 Å². The van der Waals surface area contributed by atoms with Crippen LogP contribution in [0.3, 0.4) is 0 Å². The lowest BCUT2D eigenvalue weighted by molar-refractivity contribution is 0.650. The molecule has 0 saturated carbocycles. The first-order chi connectivity index (χ1) is 8.31. The first-order valence-corrected chi connectivity index (χ1v) is 7.00. The van der Waals surface area contributed by atoms with Crippen LogP contribution in [0.1, 0.15) is 23.7 Å². The SMILES string of the molecule is Cn1ccnc1CCC(CBr)c1ccccc1. The van der Waals surface area contributed by atoms with Gasteiger partial charge in [-0.2, -0.15) is 0 Å². The van der Waals surface area contributed by atoms with E-state index in [1.807, 2.05) is 19.4 Å². The van der Waals surface area contributed by atoms with Crippen LogP contribution >= 0.6 is 15.9 Å². The molecule has 3 heteroatoms. The minimum atomic E-state index is 0.563. The Kier molecular flexibility index (Phi) is 4.37. The highest BCUT2D eigenvalue weighted by molar-refractivity contribution is 9.09. The molecule has 1 heterocycles. The van der Waals surface area contributed by atoms with E-state index < -0.39 is 0 Å². The van der Waals surface area contributed by atoms with Crippen molar-refractivity contribution >= 4 is 15.9 Å². The fraction of sp³-hybridized carbons (Fsp3) is 0.357. The molecule has 0 radical (unpaired) electrons. The summed E-state index contributed by atoms with van der Waals surface area (Å²) in [6, 6.07) is 10.7. The van der Waals surface area contributed by atoms with Crippen molar-refractivity contribution in [2.75, 3.05) is 5.33 Å². The van der Waals surface area contributed by atoms with E-state index in [1.165, 1.54) is 5.56 Å². The van der Waals surface area contributed by atoms with E-state index in [4.69, 9.17) is 0 Å². The zero-order valence-electron chi connectivity index (χ0n) is 10.0. The maximum absolute atomic E-state index is 4.36. The lowest BCUT2D eigenvalue weighted by atomic mass is 9.96. The van der Waals surface area contributed by atoms with Crippen molar-refractivity contribution in [3.63, 3.8) is 0 Å². The Morgan fingerprint density at radius 3 is 2.65 bits per heavy atom. The van der Waals surface area contributed by atoms with E-state index in [0.29, 0.717) is 5.92 Å². The van der Waals surface area contributed by atoms with Crippen LogP contribution < -0.4 is 0 Å². The van der Waals surface area contributed by atoms with Crippen molar-refractivity contribution in [1.29, 1.82) is 0 Å². The summed E-state index contributed by atoms with van der Waals surface area (Å²) in [5, 5.41) is 1.00. The number of hydrogen-bond acceptors (Lipinski definition) is 1. The van der Waals surface area contributed by atoms with Crippen molar-refractivity contribution < 1.29 is 0 Å². The van der Waals surface area contributed by atoms with Crippen LogP contribution in [-0.2, 0) is 13.5 Å². The van der Waals surface area contributed by atoms with Gasteiger partial charge in [0.05, 0.1) is 0 Å². The summed E-state index contributed by atoms with van der Waals surface area (Å²) >= 11 is 3.61. The average Bonchev–Trinajstić information content (AvgIpc) is 2.77. The van der Waals surface area contributed by atoms with Gasteiger partial charge in [0.25, 0.3) is 0 Å². The molecular formula is C14H17BrN2. The number of aromatic nitrogens is 2. The summed E-state index contributed by atoms with van der Waals surface area (Å²) in [5.41, 5.74) is 1.40. The molecule has 0 amide bonds. The lowest BCUT2D eigenvalue weighted by Gasteiger charge is -2.14. The Balaban J connectivity index is 1.99. The average molecular weight is 293 g/mol. The monoisotopic (exact) mass is 292 g/mol. The summed E-state index contributed by atoms with van der Waals surface area (Å²) in [7, 11) is 2.05. The molecule has 90 valence electrons. The number of alkyl halides is 1. The van der Waals surface area contributed by atoms with E-state index in [1.54, 1.807) is 0 Å². The second-order valence-electron chi connectivity index (χ2n) is 4.25. The van der Waals surface area contributed by atoms with E-state index in [9.17, 15) is 0 Å². The normalized spacial score (nSPS) is 12.6. The molecule has 0 fully saturated rings. The number of nitrogens with zero attached hydrogens (tertiary/aromatic N) is 2. The molecule has 2 nitrogen and oxygen atoms in total. The van der Waals surface area contributed by atoms with Gasteiger partial charge in [0.1, 0.15) is 5.82 Å². The number of aryl methyl sites for hydroxylation is 2. The lowest BCUT2D eigenvalue weighted by Crippen LogP contribution is -2.05. The van der Waals surface area contributed by atoms with Gasteiger partial charge < -0.3 is 4.57 Å². The quantitative estimate of drug-likeness (QED) is 0.771. The molecule has 0 aliphatic heterocycles. The summed E-state index contributed by atoms with van der Waals surface area (Å²) < 4.78 is 2.09. The highest BCUT2D eigenvalue weighted by Gasteiger charge is 2.11. The molecule has 0 aliphatic carbocycles. The third-order valence-corrected chi connectivity index (χ3v) is 3.88. The van der Waals surface area contributed by atoms with Gasteiger partial charge >= 0.3 is 0 Å². The summed E-state index contributed by atoms with van der Waals surface area (Å²) in [5.74, 6) is 1.72. The molecule has 0 spiro atoms. The Bertz CT molecular complexity index is 450. The Morgan fingerprint density at radius 1 is 1.29 bits per heavy atom. The molecule has 0 aliphatic rings. The molecule has 2 rings (SSSR count). The van der Waals surface area contributed by atoms with Crippen LogP contribution in [-0.4, -0.2) is 14.9 Å². The third kappa shape index (κ3) is 3.19. The molecule has 1 atom stereocenters. The van der Waals surface area contributed by atoms with Crippen LogP contribution in [0.2, 0.25) is 0 Å². The molecule has 0 N–H and O–H groups in total. The van der Waals surface area contributed by atoms with E-state index >= 15 is 0 Å². The van der Waals surface area contributed by atoms with E-state index in [2.05, 4.69) is 55.8 Å². The van der Waals surface area contributed by atoms with Crippen molar-refractivity contribution in [3.8, 4) is 0 Å². The first kappa shape index (κ1) is 12.4. The predicted molar refractivity (Wildman–Crippen MR) is 74.5 cm³/mol. The van der Waals surface area contributed by atoms with Crippen molar-refractivity contribution in [2.45, 2.75) is 18.8 Å². The molecule has 17 heavy (non-hydrogen) atoms. The summed E-state index contributed by atoms with van der Waals surface area (Å²) in [6.07, 6.45) is 6.01. The first-order valence-electron chi connectivity index (χ1n) is 5.88. The maximum Gasteiger partial charge on any atom is 0.108 e. The molecule has 2 aromatic rings. The van der Waals surface area contributed by atoms with Gasteiger partial charge in [-0.15, -0.1) is 0 Å². The highest BCUT2D eigenvalue weighted by atomic mass is 79.9. The molecule has 1 aromatic heterocycles. The van der Waals surface area contributed by atoms with Gasteiger partial charge in [-0.3, -0.25) is 0 Å². The largest absolute Gasteiger partial charge is 0.338 e. The number of benzene rings is 1. The zero-order chi connectivity index (χ0) is 12.1. The Morgan fingerprint density at radius 2 is 2.06 bits per heavy atom. The molecule has 0 saturated heterocycles.